The number of carbonyl (C=O) groups is 1. The van der Waals surface area contributed by atoms with Crippen molar-refractivity contribution in [2.45, 2.75) is 32.3 Å². The zero-order valence-corrected chi connectivity index (χ0v) is 14.1. The Labute approximate surface area is 140 Å². The summed E-state index contributed by atoms with van der Waals surface area (Å²) in [5.74, 6) is 0.336. The molecule has 0 radical (unpaired) electrons. The number of carbonyl (C=O) groups excluding carboxylic acids is 1. The largest absolute Gasteiger partial charge is 0.391 e. The molecule has 122 valence electrons. The highest BCUT2D eigenvalue weighted by molar-refractivity contribution is 7.09. The van der Waals surface area contributed by atoms with E-state index in [9.17, 15) is 9.90 Å². The number of aliphatic hydroxyl groups excluding tert-OH is 1. The highest BCUT2D eigenvalue weighted by Crippen LogP contribution is 2.19. The van der Waals surface area contributed by atoms with E-state index in [0.717, 1.165) is 30.1 Å². The first-order chi connectivity index (χ1) is 11.1. The van der Waals surface area contributed by atoms with Gasteiger partial charge in [0.2, 0.25) is 5.91 Å². The van der Waals surface area contributed by atoms with Gasteiger partial charge in [0.25, 0.3) is 0 Å². The van der Waals surface area contributed by atoms with Crippen molar-refractivity contribution in [2.75, 3.05) is 13.1 Å². The summed E-state index contributed by atoms with van der Waals surface area (Å²) in [5.41, 5.74) is 2.06. The van der Waals surface area contributed by atoms with Crippen LogP contribution in [0.4, 0.5) is 0 Å². The number of β-amino-alcohol motifs (C(OH)–C–C–N with tert-alkyl or cyclic N) is 1. The second-order valence-corrected chi connectivity index (χ2v) is 7.19. The molecular formula is C18H22N2O2S. The molecule has 2 heterocycles. The highest BCUT2D eigenvalue weighted by Gasteiger charge is 2.27. The lowest BCUT2D eigenvalue weighted by molar-refractivity contribution is -0.134. The molecule has 0 saturated carbocycles. The number of rotatable bonds is 4. The third-order valence-corrected chi connectivity index (χ3v) is 5.30. The minimum atomic E-state index is -0.406. The summed E-state index contributed by atoms with van der Waals surface area (Å²) >= 11 is 1.60. The molecule has 1 saturated heterocycles. The van der Waals surface area contributed by atoms with Gasteiger partial charge in [-0.3, -0.25) is 4.79 Å². The molecule has 0 aliphatic carbocycles. The molecular weight excluding hydrogens is 308 g/mol. The number of benzene rings is 1. The molecule has 1 fully saturated rings. The maximum Gasteiger partial charge on any atom is 0.228 e. The minimum Gasteiger partial charge on any atom is -0.391 e. The molecule has 23 heavy (non-hydrogen) atoms. The van der Waals surface area contributed by atoms with Crippen molar-refractivity contribution >= 4 is 17.2 Å². The van der Waals surface area contributed by atoms with Crippen LogP contribution in [0.15, 0.2) is 35.7 Å². The van der Waals surface area contributed by atoms with Crippen LogP contribution in [0.1, 0.15) is 29.6 Å². The topological polar surface area (TPSA) is 53.4 Å². The van der Waals surface area contributed by atoms with Crippen molar-refractivity contribution in [1.82, 2.24) is 9.88 Å². The van der Waals surface area contributed by atoms with E-state index in [2.05, 4.69) is 17.1 Å². The van der Waals surface area contributed by atoms with Crippen LogP contribution in [0.3, 0.4) is 0 Å². The van der Waals surface area contributed by atoms with Crippen LogP contribution in [-0.2, 0) is 17.6 Å². The molecule has 1 aliphatic heterocycles. The number of aromatic nitrogens is 1. The first kappa shape index (κ1) is 16.1. The highest BCUT2D eigenvalue weighted by atomic mass is 32.1. The number of likely N-dealkylation sites (tertiary alicyclic amines) is 1. The Kier molecular flexibility index (Phi) is 5.08. The Morgan fingerprint density at radius 3 is 2.91 bits per heavy atom. The van der Waals surface area contributed by atoms with Crippen molar-refractivity contribution in [3.63, 3.8) is 0 Å². The fraction of sp³-hybridized carbons (Fsp3) is 0.444. The number of thiazole rings is 1. The average Bonchev–Trinajstić information content (AvgIpc) is 2.98. The van der Waals surface area contributed by atoms with E-state index in [1.54, 1.807) is 16.2 Å². The molecule has 2 atom stereocenters. The molecule has 1 aromatic heterocycles. The summed E-state index contributed by atoms with van der Waals surface area (Å²) in [4.78, 5) is 18.7. The van der Waals surface area contributed by atoms with Crippen molar-refractivity contribution in [2.24, 2.45) is 5.92 Å². The second kappa shape index (κ2) is 7.23. The predicted molar refractivity (Wildman–Crippen MR) is 91.4 cm³/mol. The van der Waals surface area contributed by atoms with Crippen molar-refractivity contribution in [3.05, 3.63) is 52.0 Å². The third kappa shape index (κ3) is 4.18. The van der Waals surface area contributed by atoms with Crippen LogP contribution < -0.4 is 0 Å². The molecule has 5 heteroatoms. The molecule has 1 amide bonds. The predicted octanol–water partition coefficient (Wildman–Crippen LogP) is 2.51. The first-order valence-electron chi connectivity index (χ1n) is 8.05. The van der Waals surface area contributed by atoms with Gasteiger partial charge in [0, 0.05) is 24.9 Å². The average molecular weight is 330 g/mol. The van der Waals surface area contributed by atoms with E-state index in [1.807, 2.05) is 30.5 Å². The number of hydrogen-bond donors (Lipinski definition) is 1. The fourth-order valence-electron chi connectivity index (χ4n) is 2.82. The van der Waals surface area contributed by atoms with Gasteiger partial charge in [-0.25, -0.2) is 4.98 Å². The Balaban J connectivity index is 1.57. The molecule has 0 spiro atoms. The monoisotopic (exact) mass is 330 g/mol. The van der Waals surface area contributed by atoms with Gasteiger partial charge < -0.3 is 10.0 Å². The van der Waals surface area contributed by atoms with Crippen molar-refractivity contribution in [1.29, 1.82) is 0 Å². The summed E-state index contributed by atoms with van der Waals surface area (Å²) in [6, 6.07) is 10.2. The van der Waals surface area contributed by atoms with E-state index in [-0.39, 0.29) is 11.8 Å². The summed E-state index contributed by atoms with van der Waals surface area (Å²) in [6.45, 7) is 3.21. The molecule has 3 rings (SSSR count). The normalized spacial score (nSPS) is 21.4. The molecule has 1 aliphatic rings. The van der Waals surface area contributed by atoms with E-state index >= 15 is 0 Å². The lowest BCUT2D eigenvalue weighted by atomic mass is 9.96. The van der Waals surface area contributed by atoms with Gasteiger partial charge in [-0.15, -0.1) is 11.3 Å². The van der Waals surface area contributed by atoms with E-state index < -0.39 is 6.10 Å². The minimum absolute atomic E-state index is 0.0625. The molecule has 2 unspecified atom stereocenters. The molecule has 1 N–H and O–H groups in total. The number of amides is 1. The van der Waals surface area contributed by atoms with Crippen LogP contribution in [0.5, 0.6) is 0 Å². The smallest absolute Gasteiger partial charge is 0.228 e. The summed E-state index contributed by atoms with van der Waals surface area (Å²) in [7, 11) is 0. The number of nitrogens with zero attached hydrogens (tertiary/aromatic N) is 2. The van der Waals surface area contributed by atoms with E-state index in [4.69, 9.17) is 0 Å². The Morgan fingerprint density at radius 2 is 2.17 bits per heavy atom. The maximum atomic E-state index is 12.4. The zero-order valence-electron chi connectivity index (χ0n) is 13.3. The number of aliphatic hydroxyl groups is 1. The zero-order chi connectivity index (χ0) is 16.2. The van der Waals surface area contributed by atoms with Crippen molar-refractivity contribution in [3.8, 4) is 0 Å². The first-order valence-corrected chi connectivity index (χ1v) is 8.93. The van der Waals surface area contributed by atoms with Gasteiger partial charge in [-0.1, -0.05) is 37.3 Å². The Morgan fingerprint density at radius 1 is 1.39 bits per heavy atom. The number of hydrogen-bond acceptors (Lipinski definition) is 4. The molecule has 2 aromatic rings. The summed E-state index contributed by atoms with van der Waals surface area (Å²) < 4.78 is 0. The van der Waals surface area contributed by atoms with Gasteiger partial charge in [-0.2, -0.15) is 0 Å². The lowest BCUT2D eigenvalue weighted by Gasteiger charge is -2.34. The van der Waals surface area contributed by atoms with Crippen LogP contribution in [-0.4, -0.2) is 40.1 Å². The van der Waals surface area contributed by atoms with Crippen molar-refractivity contribution < 1.29 is 9.90 Å². The quantitative estimate of drug-likeness (QED) is 0.937. The van der Waals surface area contributed by atoms with Gasteiger partial charge >= 0.3 is 0 Å². The third-order valence-electron chi connectivity index (χ3n) is 4.40. The van der Waals surface area contributed by atoms with Gasteiger partial charge in [0.15, 0.2) is 0 Å². The SMILES string of the molecule is CC1CCN(C(=O)Cc2csc(Cc3ccccc3)n2)CC1O. The summed E-state index contributed by atoms with van der Waals surface area (Å²) in [5, 5.41) is 12.9. The molecule has 4 nitrogen and oxygen atoms in total. The van der Waals surface area contributed by atoms with Gasteiger partial charge in [-0.05, 0) is 17.9 Å². The summed E-state index contributed by atoms with van der Waals surface area (Å²) in [6.07, 6.45) is 1.59. The van der Waals surface area contributed by atoms with Crippen LogP contribution in [0.2, 0.25) is 0 Å². The lowest BCUT2D eigenvalue weighted by Crippen LogP contribution is -2.46. The second-order valence-electron chi connectivity index (χ2n) is 6.24. The Hall–Kier alpha value is -1.72. The standard InChI is InChI=1S/C18H22N2O2S/c1-13-7-8-20(11-16(13)21)18(22)10-15-12-23-17(19-15)9-14-5-3-2-4-6-14/h2-6,12-13,16,21H,7-11H2,1H3. The van der Waals surface area contributed by atoms with Gasteiger partial charge in [0.05, 0.1) is 23.2 Å². The van der Waals surface area contributed by atoms with Crippen LogP contribution in [0, 0.1) is 5.92 Å². The van der Waals surface area contributed by atoms with E-state index in [0.29, 0.717) is 13.0 Å². The Bertz CT molecular complexity index is 656. The molecule has 0 bridgehead atoms. The maximum absolute atomic E-state index is 12.4. The molecule has 1 aromatic carbocycles. The number of piperidine rings is 1. The van der Waals surface area contributed by atoms with E-state index in [1.165, 1.54) is 5.56 Å². The van der Waals surface area contributed by atoms with Crippen LogP contribution in [0.25, 0.3) is 0 Å². The van der Waals surface area contributed by atoms with Crippen LogP contribution >= 0.6 is 11.3 Å². The van der Waals surface area contributed by atoms with Gasteiger partial charge in [0.1, 0.15) is 0 Å². The fourth-order valence-corrected chi connectivity index (χ4v) is 3.65.